The van der Waals surface area contributed by atoms with Crippen LogP contribution in [0.1, 0.15) is 73.5 Å². The number of hydrogen-bond acceptors (Lipinski definition) is 6. The van der Waals surface area contributed by atoms with E-state index in [-0.39, 0.29) is 5.91 Å². The van der Waals surface area contributed by atoms with Crippen molar-refractivity contribution in [1.82, 2.24) is 29.7 Å². The van der Waals surface area contributed by atoms with Gasteiger partial charge in [0.05, 0.1) is 0 Å². The van der Waals surface area contributed by atoms with Gasteiger partial charge in [-0.2, -0.15) is 4.98 Å². The summed E-state index contributed by atoms with van der Waals surface area (Å²) >= 11 is 0. The summed E-state index contributed by atoms with van der Waals surface area (Å²) < 4.78 is 2.14. The number of nitrogens with zero attached hydrogens (tertiary/aromatic N) is 5. The van der Waals surface area contributed by atoms with E-state index in [9.17, 15) is 4.79 Å². The number of amides is 1. The summed E-state index contributed by atoms with van der Waals surface area (Å²) in [5.41, 5.74) is 2.77. The van der Waals surface area contributed by atoms with Crippen LogP contribution in [0.4, 0.5) is 11.8 Å². The first-order valence-electron chi connectivity index (χ1n) is 13.1. The van der Waals surface area contributed by atoms with Gasteiger partial charge in [-0.15, -0.1) is 0 Å². The molecule has 0 bridgehead atoms. The zero-order chi connectivity index (χ0) is 24.2. The highest BCUT2D eigenvalue weighted by Crippen LogP contribution is 2.35. The average Bonchev–Trinajstić information content (AvgIpc) is 3.53. The van der Waals surface area contributed by atoms with E-state index in [1.807, 2.05) is 18.3 Å². The van der Waals surface area contributed by atoms with Gasteiger partial charge in [-0.3, -0.25) is 4.79 Å². The monoisotopic (exact) mass is 475 g/mol. The van der Waals surface area contributed by atoms with Crippen LogP contribution in [-0.2, 0) is 6.42 Å². The van der Waals surface area contributed by atoms with Gasteiger partial charge in [-0.25, -0.2) is 9.97 Å². The molecule has 8 heteroatoms. The van der Waals surface area contributed by atoms with Gasteiger partial charge in [0.15, 0.2) is 0 Å². The molecule has 5 rings (SSSR count). The summed E-state index contributed by atoms with van der Waals surface area (Å²) in [6.07, 6.45) is 14.5. The Bertz CT molecular complexity index is 1140. The molecule has 1 saturated carbocycles. The number of pyridine rings is 1. The first-order chi connectivity index (χ1) is 17.1. The summed E-state index contributed by atoms with van der Waals surface area (Å²) in [6.45, 7) is 2.33. The molecule has 3 aromatic heterocycles. The zero-order valence-electron chi connectivity index (χ0n) is 21.0. The third kappa shape index (κ3) is 5.48. The van der Waals surface area contributed by atoms with Gasteiger partial charge in [0.2, 0.25) is 5.95 Å². The maximum Gasteiger partial charge on any atom is 0.270 e. The van der Waals surface area contributed by atoms with Gasteiger partial charge in [0, 0.05) is 37.9 Å². The zero-order valence-corrected chi connectivity index (χ0v) is 21.0. The van der Waals surface area contributed by atoms with E-state index in [1.165, 1.54) is 57.2 Å². The minimum Gasteiger partial charge on any atom is -0.343 e. The van der Waals surface area contributed by atoms with Crippen molar-refractivity contribution >= 4 is 28.7 Å². The highest BCUT2D eigenvalue weighted by Gasteiger charge is 2.26. The molecule has 1 saturated heterocycles. The lowest BCUT2D eigenvalue weighted by molar-refractivity contribution is 0.0815. The quantitative estimate of drug-likeness (QED) is 0.491. The van der Waals surface area contributed by atoms with Crippen molar-refractivity contribution in [3.8, 4) is 0 Å². The predicted octanol–water partition coefficient (Wildman–Crippen LogP) is 4.71. The second-order valence-corrected chi connectivity index (χ2v) is 10.3. The first-order valence-corrected chi connectivity index (χ1v) is 13.1. The number of aromatic nitrogens is 4. The minimum atomic E-state index is 0.00168. The summed E-state index contributed by atoms with van der Waals surface area (Å²) in [5, 5.41) is 7.60. The Balaban J connectivity index is 1.29. The maximum absolute atomic E-state index is 12.9. The molecule has 2 fully saturated rings. The second kappa shape index (κ2) is 10.7. The molecule has 8 nitrogen and oxygen atoms in total. The fourth-order valence-corrected chi connectivity index (χ4v) is 5.52. The van der Waals surface area contributed by atoms with Crippen molar-refractivity contribution in [2.75, 3.05) is 32.5 Å². The van der Waals surface area contributed by atoms with Crippen LogP contribution in [0.5, 0.6) is 0 Å². The number of piperidine rings is 1. The second-order valence-electron chi connectivity index (χ2n) is 10.3. The number of fused-ring (bicyclic) bond motifs is 1. The normalized spacial score (nSPS) is 17.2. The van der Waals surface area contributed by atoms with Crippen LogP contribution >= 0.6 is 0 Å². The lowest BCUT2D eigenvalue weighted by Crippen LogP contribution is -2.27. The van der Waals surface area contributed by atoms with E-state index in [0.29, 0.717) is 17.7 Å². The van der Waals surface area contributed by atoms with E-state index in [1.54, 1.807) is 25.2 Å². The standard InChI is InChI=1S/C27H37N7O/c1-33(2)26(35)23-16-21-18-30-27(32-25(21)34(23)22-8-3-4-9-22)31-24-11-10-20(17-29-24)7-5-6-19-12-14-28-15-13-19/h10-11,16-19,22,28H,3-9,12-15H2,1-2H3,(H,29,30,31,32). The van der Waals surface area contributed by atoms with E-state index in [0.717, 1.165) is 42.0 Å². The van der Waals surface area contributed by atoms with Crippen molar-refractivity contribution in [2.45, 2.75) is 63.8 Å². The van der Waals surface area contributed by atoms with E-state index in [2.05, 4.69) is 31.2 Å². The summed E-state index contributed by atoms with van der Waals surface area (Å²) in [5.74, 6) is 2.11. The molecule has 0 aromatic carbocycles. The topological polar surface area (TPSA) is 88.0 Å². The van der Waals surface area contributed by atoms with E-state index in [4.69, 9.17) is 4.98 Å². The van der Waals surface area contributed by atoms with Crippen LogP contribution in [0.2, 0.25) is 0 Å². The smallest absolute Gasteiger partial charge is 0.270 e. The molecular weight excluding hydrogens is 438 g/mol. The Hall–Kier alpha value is -3.00. The van der Waals surface area contributed by atoms with Gasteiger partial charge in [-0.1, -0.05) is 25.3 Å². The van der Waals surface area contributed by atoms with Crippen LogP contribution in [0.15, 0.2) is 30.6 Å². The lowest BCUT2D eigenvalue weighted by Gasteiger charge is -2.22. The van der Waals surface area contributed by atoms with E-state index < -0.39 is 0 Å². The van der Waals surface area contributed by atoms with Crippen LogP contribution in [0.3, 0.4) is 0 Å². The van der Waals surface area contributed by atoms with Crippen molar-refractivity contribution in [3.63, 3.8) is 0 Å². The molecular formula is C27H37N7O. The molecule has 1 amide bonds. The minimum absolute atomic E-state index is 0.00168. The van der Waals surface area contributed by atoms with Gasteiger partial charge in [-0.05, 0) is 75.2 Å². The molecule has 1 aliphatic heterocycles. The van der Waals surface area contributed by atoms with Crippen LogP contribution in [-0.4, -0.2) is 57.5 Å². The molecule has 35 heavy (non-hydrogen) atoms. The molecule has 3 aromatic rings. The Morgan fingerprint density at radius 3 is 2.63 bits per heavy atom. The Labute approximate surface area is 207 Å². The highest BCUT2D eigenvalue weighted by molar-refractivity contribution is 5.97. The van der Waals surface area contributed by atoms with Gasteiger partial charge in [0.25, 0.3) is 5.91 Å². The number of carbonyl (C=O) groups is 1. The Morgan fingerprint density at radius 2 is 1.91 bits per heavy atom. The maximum atomic E-state index is 12.9. The number of nitrogens with one attached hydrogen (secondary N) is 2. The lowest BCUT2D eigenvalue weighted by atomic mass is 9.92. The fraction of sp³-hybridized carbons (Fsp3) is 0.556. The van der Waals surface area contributed by atoms with Gasteiger partial charge in [0.1, 0.15) is 17.2 Å². The molecule has 186 valence electrons. The summed E-state index contributed by atoms with van der Waals surface area (Å²) in [7, 11) is 3.58. The highest BCUT2D eigenvalue weighted by atomic mass is 16.2. The predicted molar refractivity (Wildman–Crippen MR) is 139 cm³/mol. The van der Waals surface area contributed by atoms with Crippen molar-refractivity contribution < 1.29 is 4.79 Å². The van der Waals surface area contributed by atoms with E-state index >= 15 is 0 Å². The Morgan fingerprint density at radius 1 is 1.11 bits per heavy atom. The number of hydrogen-bond donors (Lipinski definition) is 2. The van der Waals surface area contributed by atoms with Crippen LogP contribution in [0, 0.1) is 5.92 Å². The third-order valence-electron chi connectivity index (χ3n) is 7.49. The van der Waals surface area contributed by atoms with Crippen LogP contribution < -0.4 is 10.6 Å². The number of anilines is 2. The SMILES string of the molecule is CN(C)C(=O)c1cc2cnc(Nc3ccc(CCCC4CCNCC4)cn3)nc2n1C1CCCC1. The molecule has 1 aliphatic carbocycles. The average molecular weight is 476 g/mol. The van der Waals surface area contributed by atoms with Crippen molar-refractivity contribution in [2.24, 2.45) is 5.92 Å². The summed E-state index contributed by atoms with van der Waals surface area (Å²) in [4.78, 5) is 28.5. The third-order valence-corrected chi connectivity index (χ3v) is 7.49. The number of carbonyl (C=O) groups excluding carboxylic acids is 1. The Kier molecular flexibility index (Phi) is 7.27. The summed E-state index contributed by atoms with van der Waals surface area (Å²) in [6, 6.07) is 6.38. The van der Waals surface area contributed by atoms with Gasteiger partial charge >= 0.3 is 0 Å². The molecule has 0 spiro atoms. The molecule has 4 heterocycles. The molecule has 0 atom stereocenters. The number of rotatable bonds is 8. The fourth-order valence-electron chi connectivity index (χ4n) is 5.52. The largest absolute Gasteiger partial charge is 0.343 e. The molecule has 2 aliphatic rings. The molecule has 0 radical (unpaired) electrons. The van der Waals surface area contributed by atoms with Gasteiger partial charge < -0.3 is 20.1 Å². The van der Waals surface area contributed by atoms with Crippen LogP contribution in [0.25, 0.3) is 11.0 Å². The first kappa shape index (κ1) is 23.7. The van der Waals surface area contributed by atoms with Crippen molar-refractivity contribution in [1.29, 1.82) is 0 Å². The molecule has 0 unspecified atom stereocenters. The molecule has 2 N–H and O–H groups in total. The number of aryl methyl sites for hydroxylation is 1. The van der Waals surface area contributed by atoms with Crippen molar-refractivity contribution in [3.05, 3.63) is 41.9 Å².